The third-order valence-electron chi connectivity index (χ3n) is 15.0. The lowest BCUT2D eigenvalue weighted by atomic mass is 9.96. The molecule has 8 aliphatic rings. The Kier molecular flexibility index (Phi) is 22.9. The third-order valence-corrected chi connectivity index (χ3v) is 15.7. The molecule has 8 rings (SSSR count). The van der Waals surface area contributed by atoms with Crippen molar-refractivity contribution < 1.29 is 173 Å². The summed E-state index contributed by atoms with van der Waals surface area (Å²) < 4.78 is 85.0. The average Bonchev–Trinajstić information content (AvgIpc) is 4.16. The second-order valence-corrected chi connectivity index (χ2v) is 21.2. The largest absolute Gasteiger partial charge is 0.394 e. The Morgan fingerprint density at radius 2 is 0.575 bits per heavy atom. The number of rotatable bonds is 23. The standard InChI is InChI=1S/C44H74O35S/c1-80-9-17-23(54)31(62)40(75-17)76-33-13(5-48)72-41(32(63)27(33)58)78-36-26(57)19(50)11(3-46)71-44(36)79-35-25(56)18(49)10(2-45)69-43(35)67-8-16-22(53)30(61)39(74-16)77-34-24(55)12(4-47)70-42(34)66-7-15-21(52)29(60)38(73-15)65-6-14-20(51)28(59)37(64)68-14/h10-64H,2-9H2,1H3/t10-,11-,12-,13-,14-,15-,16-,17-,18-,19-,20-,21-,22-,23+,24-,25+,26+,27-,28+,29+,30+,31-,32+,33-,34+,35+,36+,37+,38+,39+,40-,41-,42+,43+,44-/m1/s1. The minimum Gasteiger partial charge on any atom is -0.394 e. The summed E-state index contributed by atoms with van der Waals surface area (Å²) in [5, 5.41) is 213. The van der Waals surface area contributed by atoms with E-state index in [2.05, 4.69) is 0 Å². The van der Waals surface area contributed by atoms with Gasteiger partial charge in [-0.05, 0) is 6.26 Å². The van der Waals surface area contributed by atoms with Crippen LogP contribution in [0.2, 0.25) is 0 Å². The fourth-order valence-corrected chi connectivity index (χ4v) is 10.9. The molecule has 35 atom stereocenters. The van der Waals surface area contributed by atoms with Crippen molar-refractivity contribution in [3.63, 3.8) is 0 Å². The first-order chi connectivity index (χ1) is 38.1. The summed E-state index contributed by atoms with van der Waals surface area (Å²) in [7, 11) is 0. The van der Waals surface area contributed by atoms with Crippen molar-refractivity contribution in [2.75, 3.05) is 58.3 Å². The molecule has 8 saturated heterocycles. The minimum absolute atomic E-state index is 0.241. The maximum atomic E-state index is 11.4. The lowest BCUT2D eigenvalue weighted by molar-refractivity contribution is -0.397. The summed E-state index contributed by atoms with van der Waals surface area (Å²) in [6, 6.07) is 0. The van der Waals surface area contributed by atoms with Crippen LogP contribution in [0.15, 0.2) is 0 Å². The zero-order valence-electron chi connectivity index (χ0n) is 42.3. The third kappa shape index (κ3) is 13.6. The molecule has 8 fully saturated rings. The van der Waals surface area contributed by atoms with Crippen LogP contribution in [-0.4, -0.2) is 376 Å². The summed E-state index contributed by atoms with van der Waals surface area (Å²) >= 11 is 1.29. The van der Waals surface area contributed by atoms with E-state index in [0.717, 1.165) is 0 Å². The maximum absolute atomic E-state index is 11.4. The Balaban J connectivity index is 0.905. The van der Waals surface area contributed by atoms with E-state index >= 15 is 0 Å². The van der Waals surface area contributed by atoms with Crippen molar-refractivity contribution in [2.45, 2.75) is 215 Å². The molecule has 35 nitrogen and oxygen atoms in total. The van der Waals surface area contributed by atoms with Gasteiger partial charge in [0.1, 0.15) is 159 Å². The number of aliphatic hydroxyl groups excluding tert-OH is 20. The number of hydrogen-bond acceptors (Lipinski definition) is 36. The average molecular weight is 1200 g/mol. The predicted octanol–water partition coefficient (Wildman–Crippen LogP) is -13.9. The van der Waals surface area contributed by atoms with Crippen molar-refractivity contribution in [1.82, 2.24) is 0 Å². The highest BCUT2D eigenvalue weighted by Crippen LogP contribution is 2.37. The molecular formula is C44H74O35S. The predicted molar refractivity (Wildman–Crippen MR) is 246 cm³/mol. The highest BCUT2D eigenvalue weighted by atomic mass is 32.2. The van der Waals surface area contributed by atoms with Crippen LogP contribution in [0.3, 0.4) is 0 Å². The number of ether oxygens (including phenoxy) is 15. The zero-order valence-corrected chi connectivity index (χ0v) is 43.2. The Morgan fingerprint density at radius 3 is 1.05 bits per heavy atom. The highest BCUT2D eigenvalue weighted by Gasteiger charge is 2.58. The van der Waals surface area contributed by atoms with E-state index in [9.17, 15) is 102 Å². The van der Waals surface area contributed by atoms with Gasteiger partial charge in [0.05, 0.1) is 52.4 Å². The zero-order chi connectivity index (χ0) is 58.2. The first-order valence-electron chi connectivity index (χ1n) is 25.6. The van der Waals surface area contributed by atoms with Gasteiger partial charge in [0.2, 0.25) is 0 Å². The summed E-state index contributed by atoms with van der Waals surface area (Å²) in [4.78, 5) is 0. The molecule has 8 heterocycles. The second kappa shape index (κ2) is 28.2. The number of aliphatic hydroxyl groups is 20. The van der Waals surface area contributed by atoms with Gasteiger partial charge in [-0.15, -0.1) is 0 Å². The smallest absolute Gasteiger partial charge is 0.187 e. The van der Waals surface area contributed by atoms with Crippen molar-refractivity contribution in [3.8, 4) is 0 Å². The Bertz CT molecular complexity index is 1890. The van der Waals surface area contributed by atoms with Gasteiger partial charge in [-0.3, -0.25) is 0 Å². The van der Waals surface area contributed by atoms with Crippen LogP contribution in [-0.2, 0) is 71.1 Å². The summed E-state index contributed by atoms with van der Waals surface area (Å²) in [6.45, 7) is -5.54. The molecule has 80 heavy (non-hydrogen) atoms. The van der Waals surface area contributed by atoms with E-state index in [-0.39, 0.29) is 5.75 Å². The van der Waals surface area contributed by atoms with E-state index < -0.39 is 261 Å². The molecule has 466 valence electrons. The van der Waals surface area contributed by atoms with Gasteiger partial charge in [-0.2, -0.15) is 11.8 Å². The quantitative estimate of drug-likeness (QED) is 0.0452. The first-order valence-corrected chi connectivity index (χ1v) is 27.0. The Labute approximate surface area is 457 Å². The van der Waals surface area contributed by atoms with Gasteiger partial charge in [0.15, 0.2) is 50.3 Å². The van der Waals surface area contributed by atoms with E-state index in [0.29, 0.717) is 0 Å². The first kappa shape index (κ1) is 64.9. The molecule has 0 bridgehead atoms. The number of thioether (sulfide) groups is 1. The van der Waals surface area contributed by atoms with Crippen molar-refractivity contribution >= 4 is 11.8 Å². The molecule has 0 aromatic heterocycles. The van der Waals surface area contributed by atoms with Gasteiger partial charge in [0.25, 0.3) is 0 Å². The molecule has 0 unspecified atom stereocenters. The topological polar surface area (TPSA) is 543 Å². The van der Waals surface area contributed by atoms with Crippen LogP contribution in [0, 0.1) is 0 Å². The molecule has 0 spiro atoms. The second-order valence-electron chi connectivity index (χ2n) is 20.3. The summed E-state index contributed by atoms with van der Waals surface area (Å²) in [5.74, 6) is 0.241. The van der Waals surface area contributed by atoms with E-state index in [4.69, 9.17) is 71.1 Å². The van der Waals surface area contributed by atoms with Gasteiger partial charge in [-0.1, -0.05) is 0 Å². The molecule has 0 aliphatic carbocycles. The monoisotopic (exact) mass is 1190 g/mol. The molecule has 0 aromatic carbocycles. The fourth-order valence-electron chi connectivity index (χ4n) is 10.3. The fraction of sp³-hybridized carbons (Fsp3) is 1.00. The van der Waals surface area contributed by atoms with Crippen LogP contribution < -0.4 is 0 Å². The van der Waals surface area contributed by atoms with Crippen molar-refractivity contribution in [1.29, 1.82) is 0 Å². The lowest BCUT2D eigenvalue weighted by Gasteiger charge is -2.49. The van der Waals surface area contributed by atoms with Crippen molar-refractivity contribution in [2.24, 2.45) is 0 Å². The normalized spacial score (nSPS) is 52.8. The molecule has 0 amide bonds. The van der Waals surface area contributed by atoms with E-state index in [1.54, 1.807) is 6.26 Å². The SMILES string of the molecule is CSC[C@H]1O[C@H](O[C@H]2[C@H](O)[C@H](O)[C@@H](O[C@@H]3[C@@H](O[C@@H]4[C@@H](OC[C@H]5O[C@@H](O[C@@H]6[C@@H](OC[C@H]7O[C@H](OC[C@H]8O[C@H](O)[C@@H](O)[C@@H]8O)[C@@H](O)[C@@H]7O)O[C@H](CO)[C@H]6O)[C@@H](O)[C@@H]5O)O[C@H](CO)[C@@H](O)[C@@H]4O)O[C@H](CO)[C@@H](O)[C@@H]3O)O[C@@H]2CO)[C@H](O)[C@H]1O. The summed E-state index contributed by atoms with van der Waals surface area (Å²) in [5.41, 5.74) is 0. The van der Waals surface area contributed by atoms with E-state index in [1.165, 1.54) is 11.8 Å². The Hall–Kier alpha value is -1.05. The molecule has 0 saturated carbocycles. The number of hydrogen-bond donors (Lipinski definition) is 20. The van der Waals surface area contributed by atoms with Crippen LogP contribution >= 0.6 is 11.8 Å². The molecule has 8 aliphatic heterocycles. The maximum Gasteiger partial charge on any atom is 0.187 e. The van der Waals surface area contributed by atoms with Crippen LogP contribution in [0.4, 0.5) is 0 Å². The Morgan fingerprint density at radius 1 is 0.275 bits per heavy atom. The van der Waals surface area contributed by atoms with Crippen LogP contribution in [0.25, 0.3) is 0 Å². The summed E-state index contributed by atoms with van der Waals surface area (Å²) in [6.07, 6.45) is -58.5. The van der Waals surface area contributed by atoms with Gasteiger partial charge >= 0.3 is 0 Å². The highest BCUT2D eigenvalue weighted by molar-refractivity contribution is 7.98. The minimum atomic E-state index is -2.12. The van der Waals surface area contributed by atoms with Gasteiger partial charge in [-0.25, -0.2) is 0 Å². The molecular weight excluding hydrogens is 1120 g/mol. The van der Waals surface area contributed by atoms with Gasteiger partial charge in [0, 0.05) is 5.75 Å². The van der Waals surface area contributed by atoms with Crippen LogP contribution in [0.1, 0.15) is 0 Å². The molecule has 20 N–H and O–H groups in total. The van der Waals surface area contributed by atoms with Gasteiger partial charge < -0.3 is 173 Å². The van der Waals surface area contributed by atoms with E-state index in [1.807, 2.05) is 0 Å². The molecule has 0 aromatic rings. The van der Waals surface area contributed by atoms with Crippen molar-refractivity contribution in [3.05, 3.63) is 0 Å². The van der Waals surface area contributed by atoms with Crippen LogP contribution in [0.5, 0.6) is 0 Å². The molecule has 36 heteroatoms. The molecule has 0 radical (unpaired) electrons. The lowest BCUT2D eigenvalue weighted by Crippen LogP contribution is -2.67.